The van der Waals surface area contributed by atoms with E-state index in [0.717, 1.165) is 17.4 Å². The number of sulfone groups is 1. The molecule has 1 fully saturated rings. The number of nitrogens with zero attached hydrogens (tertiary/aromatic N) is 5. The lowest BCUT2D eigenvalue weighted by Crippen LogP contribution is -2.56. The Kier molecular flexibility index (Phi) is 7.03. The molecule has 2 unspecified atom stereocenters. The average molecular weight is 562 g/mol. The van der Waals surface area contributed by atoms with E-state index in [-0.39, 0.29) is 11.4 Å². The number of anilines is 2. The SMILES string of the molecule is CCN(c1ncnc2c(-c3ccc(S(C)(=O)=O)cc3)csc12)C1CCN(c2ccccn2)CC1C(F)(F)F. The molecule has 1 aliphatic heterocycles. The first-order chi connectivity index (χ1) is 18.1. The molecular formula is C26H26F3N5O2S2. The summed E-state index contributed by atoms with van der Waals surface area (Å²) in [5.41, 5.74) is 2.18. The van der Waals surface area contributed by atoms with Gasteiger partial charge in [-0.05, 0) is 43.2 Å². The van der Waals surface area contributed by atoms with Gasteiger partial charge in [0, 0.05) is 49.1 Å². The second kappa shape index (κ2) is 10.1. The van der Waals surface area contributed by atoms with Crippen LogP contribution in [-0.4, -0.2) is 61.5 Å². The summed E-state index contributed by atoms with van der Waals surface area (Å²) in [4.78, 5) is 16.8. The van der Waals surface area contributed by atoms with Crippen LogP contribution in [-0.2, 0) is 9.84 Å². The smallest absolute Gasteiger partial charge is 0.356 e. The van der Waals surface area contributed by atoms with Crippen molar-refractivity contribution in [1.29, 1.82) is 0 Å². The quantitative estimate of drug-likeness (QED) is 0.310. The van der Waals surface area contributed by atoms with Crippen molar-refractivity contribution in [3.8, 4) is 11.1 Å². The lowest BCUT2D eigenvalue weighted by atomic mass is 9.89. The third-order valence-electron chi connectivity index (χ3n) is 6.91. The maximum absolute atomic E-state index is 14.4. The van der Waals surface area contributed by atoms with Crippen molar-refractivity contribution in [2.24, 2.45) is 5.92 Å². The summed E-state index contributed by atoms with van der Waals surface area (Å²) in [5.74, 6) is -0.573. The predicted molar refractivity (Wildman–Crippen MR) is 143 cm³/mol. The fraction of sp³-hybridized carbons (Fsp3) is 0.346. The standard InChI is InChI=1S/C26H26F3N5O2S2/c1-3-34(21-11-13-33(14-20(21)26(27,28)29)22-6-4-5-12-30-22)25-24-23(31-16-32-25)19(15-37-24)17-7-9-18(10-8-17)38(2,35)36/h4-10,12,15-16,20-21H,3,11,13-14H2,1-2H3. The second-order valence-electron chi connectivity index (χ2n) is 9.25. The highest BCUT2D eigenvalue weighted by atomic mass is 32.2. The van der Waals surface area contributed by atoms with Crippen LogP contribution in [0.4, 0.5) is 24.8 Å². The molecule has 7 nitrogen and oxygen atoms in total. The molecule has 1 saturated heterocycles. The Morgan fingerprint density at radius 2 is 1.87 bits per heavy atom. The molecule has 200 valence electrons. The molecule has 1 aliphatic rings. The maximum Gasteiger partial charge on any atom is 0.395 e. The van der Waals surface area contributed by atoms with E-state index in [1.54, 1.807) is 46.3 Å². The molecule has 0 aliphatic carbocycles. The molecule has 0 bridgehead atoms. The number of thiophene rings is 1. The monoisotopic (exact) mass is 561 g/mol. The van der Waals surface area contributed by atoms with E-state index in [4.69, 9.17) is 0 Å². The zero-order valence-corrected chi connectivity index (χ0v) is 22.4. The molecule has 4 aromatic rings. The van der Waals surface area contributed by atoms with Crippen LogP contribution in [0, 0.1) is 5.92 Å². The van der Waals surface area contributed by atoms with Crippen LogP contribution in [0.5, 0.6) is 0 Å². The van der Waals surface area contributed by atoms with Crippen molar-refractivity contribution in [2.75, 3.05) is 35.7 Å². The van der Waals surface area contributed by atoms with E-state index in [2.05, 4.69) is 15.0 Å². The molecule has 0 N–H and O–H groups in total. The number of hydrogen-bond acceptors (Lipinski definition) is 8. The zero-order chi connectivity index (χ0) is 27.1. The summed E-state index contributed by atoms with van der Waals surface area (Å²) >= 11 is 1.37. The van der Waals surface area contributed by atoms with Gasteiger partial charge in [-0.1, -0.05) is 18.2 Å². The summed E-state index contributed by atoms with van der Waals surface area (Å²) in [5, 5.41) is 1.89. The third kappa shape index (κ3) is 5.06. The second-order valence-corrected chi connectivity index (χ2v) is 12.1. The number of benzene rings is 1. The lowest BCUT2D eigenvalue weighted by Gasteiger charge is -2.45. The van der Waals surface area contributed by atoms with Gasteiger partial charge in [-0.25, -0.2) is 23.4 Å². The topological polar surface area (TPSA) is 79.3 Å². The van der Waals surface area contributed by atoms with E-state index < -0.39 is 28.0 Å². The van der Waals surface area contributed by atoms with E-state index >= 15 is 0 Å². The van der Waals surface area contributed by atoms with Gasteiger partial charge in [0.2, 0.25) is 0 Å². The minimum Gasteiger partial charge on any atom is -0.356 e. The molecule has 38 heavy (non-hydrogen) atoms. The van der Waals surface area contributed by atoms with Crippen LogP contribution in [0.3, 0.4) is 0 Å². The molecule has 3 aromatic heterocycles. The lowest BCUT2D eigenvalue weighted by molar-refractivity contribution is -0.180. The minimum absolute atomic E-state index is 0.182. The summed E-state index contributed by atoms with van der Waals surface area (Å²) in [6.45, 7) is 2.45. The summed E-state index contributed by atoms with van der Waals surface area (Å²) in [6.07, 6.45) is 0.0108. The van der Waals surface area contributed by atoms with Gasteiger partial charge in [-0.2, -0.15) is 13.2 Å². The van der Waals surface area contributed by atoms with Gasteiger partial charge in [-0.3, -0.25) is 0 Å². The Labute approximate surface area is 222 Å². The minimum atomic E-state index is -4.40. The number of hydrogen-bond donors (Lipinski definition) is 0. The van der Waals surface area contributed by atoms with Crippen LogP contribution < -0.4 is 9.80 Å². The first-order valence-electron chi connectivity index (χ1n) is 12.1. The number of halogens is 3. The Balaban J connectivity index is 1.50. The summed E-state index contributed by atoms with van der Waals surface area (Å²) in [7, 11) is -3.33. The maximum atomic E-state index is 14.4. The van der Waals surface area contributed by atoms with Gasteiger partial charge in [0.05, 0.1) is 21.0 Å². The normalized spacial score (nSPS) is 18.6. The van der Waals surface area contributed by atoms with Crippen LogP contribution >= 0.6 is 11.3 Å². The number of rotatable bonds is 6. The number of fused-ring (bicyclic) bond motifs is 1. The van der Waals surface area contributed by atoms with Gasteiger partial charge < -0.3 is 9.80 Å². The van der Waals surface area contributed by atoms with E-state index in [1.807, 2.05) is 12.3 Å². The van der Waals surface area contributed by atoms with Gasteiger partial charge in [-0.15, -0.1) is 11.3 Å². The molecule has 5 rings (SSSR count). The van der Waals surface area contributed by atoms with Crippen LogP contribution in [0.1, 0.15) is 13.3 Å². The first kappa shape index (κ1) is 26.4. The molecule has 0 saturated carbocycles. The molecule has 4 heterocycles. The largest absolute Gasteiger partial charge is 0.395 e. The van der Waals surface area contributed by atoms with Crippen LogP contribution in [0.15, 0.2) is 65.3 Å². The summed E-state index contributed by atoms with van der Waals surface area (Å²) in [6, 6.07) is 11.0. The zero-order valence-electron chi connectivity index (χ0n) is 20.8. The Morgan fingerprint density at radius 1 is 1.11 bits per heavy atom. The predicted octanol–water partition coefficient (Wildman–Crippen LogP) is 5.44. The van der Waals surface area contributed by atoms with Crippen molar-refractivity contribution >= 4 is 43.0 Å². The van der Waals surface area contributed by atoms with Crippen molar-refractivity contribution in [1.82, 2.24) is 15.0 Å². The molecular weight excluding hydrogens is 535 g/mol. The Hall–Kier alpha value is -3.25. The molecule has 0 radical (unpaired) electrons. The van der Waals surface area contributed by atoms with Gasteiger partial charge in [0.25, 0.3) is 0 Å². The van der Waals surface area contributed by atoms with Crippen molar-refractivity contribution in [3.05, 3.63) is 60.4 Å². The van der Waals surface area contributed by atoms with Gasteiger partial charge in [0.1, 0.15) is 18.0 Å². The van der Waals surface area contributed by atoms with Crippen molar-refractivity contribution in [3.63, 3.8) is 0 Å². The first-order valence-corrected chi connectivity index (χ1v) is 14.9. The average Bonchev–Trinajstić information content (AvgIpc) is 3.34. The highest BCUT2D eigenvalue weighted by molar-refractivity contribution is 7.90. The van der Waals surface area contributed by atoms with E-state index in [0.29, 0.717) is 41.4 Å². The Morgan fingerprint density at radius 3 is 2.50 bits per heavy atom. The molecule has 12 heteroatoms. The highest BCUT2D eigenvalue weighted by Gasteiger charge is 2.50. The molecule has 2 atom stereocenters. The van der Waals surface area contributed by atoms with Crippen molar-refractivity contribution in [2.45, 2.75) is 30.5 Å². The van der Waals surface area contributed by atoms with E-state index in [9.17, 15) is 21.6 Å². The highest BCUT2D eigenvalue weighted by Crippen LogP contribution is 2.42. The fourth-order valence-corrected chi connectivity index (χ4v) is 6.72. The third-order valence-corrected chi connectivity index (χ3v) is 9.01. The van der Waals surface area contributed by atoms with Gasteiger partial charge in [0.15, 0.2) is 9.84 Å². The van der Waals surface area contributed by atoms with Gasteiger partial charge >= 0.3 is 6.18 Å². The van der Waals surface area contributed by atoms with Crippen molar-refractivity contribution < 1.29 is 21.6 Å². The fourth-order valence-electron chi connectivity index (χ4n) is 5.05. The summed E-state index contributed by atoms with van der Waals surface area (Å²) < 4.78 is 67.6. The molecule has 0 spiro atoms. The molecule has 1 aromatic carbocycles. The van der Waals surface area contributed by atoms with E-state index in [1.165, 1.54) is 29.8 Å². The Bertz CT molecular complexity index is 1530. The molecule has 0 amide bonds. The number of aromatic nitrogens is 3. The number of alkyl halides is 3. The van der Waals surface area contributed by atoms with Crippen LogP contribution in [0.2, 0.25) is 0 Å². The number of piperidine rings is 1. The van der Waals surface area contributed by atoms with Crippen LogP contribution in [0.25, 0.3) is 21.3 Å². The number of pyridine rings is 1.